The first-order valence-electron chi connectivity index (χ1n) is 9.59. The summed E-state index contributed by atoms with van der Waals surface area (Å²) in [6, 6.07) is 15.6. The summed E-state index contributed by atoms with van der Waals surface area (Å²) in [5, 5.41) is 14.8. The van der Waals surface area contributed by atoms with Crippen LogP contribution in [0.1, 0.15) is 26.3 Å². The van der Waals surface area contributed by atoms with Crippen LogP contribution in [0.4, 0.5) is 5.69 Å². The highest BCUT2D eigenvalue weighted by atomic mass is 16.5. The van der Waals surface area contributed by atoms with Gasteiger partial charge < -0.3 is 20.1 Å². The van der Waals surface area contributed by atoms with E-state index in [1.54, 1.807) is 48.5 Å². The number of carbonyl (C=O) groups excluding carboxylic acids is 2. The van der Waals surface area contributed by atoms with Gasteiger partial charge in [-0.2, -0.15) is 5.26 Å². The maximum absolute atomic E-state index is 12.4. The molecule has 7 heteroatoms. The fourth-order valence-corrected chi connectivity index (χ4v) is 2.49. The molecule has 156 valence electrons. The number of nitrogens with zero attached hydrogens (tertiary/aromatic N) is 1. The summed E-state index contributed by atoms with van der Waals surface area (Å²) < 4.78 is 10.8. The number of anilines is 1. The molecule has 0 fully saturated rings. The van der Waals surface area contributed by atoms with E-state index in [2.05, 4.69) is 10.6 Å². The van der Waals surface area contributed by atoms with E-state index in [0.717, 1.165) is 0 Å². The van der Waals surface area contributed by atoms with E-state index in [4.69, 9.17) is 9.47 Å². The van der Waals surface area contributed by atoms with Gasteiger partial charge in [0.2, 0.25) is 0 Å². The van der Waals surface area contributed by atoms with Crippen molar-refractivity contribution in [2.45, 2.75) is 26.8 Å². The Hall–Kier alpha value is -3.79. The summed E-state index contributed by atoms with van der Waals surface area (Å²) in [5.41, 5.74) is 1.19. The van der Waals surface area contributed by atoms with E-state index in [1.807, 2.05) is 26.8 Å². The van der Waals surface area contributed by atoms with Gasteiger partial charge in [-0.15, -0.1) is 0 Å². The van der Waals surface area contributed by atoms with E-state index in [9.17, 15) is 14.9 Å². The van der Waals surface area contributed by atoms with Gasteiger partial charge in [0.1, 0.15) is 23.1 Å². The summed E-state index contributed by atoms with van der Waals surface area (Å²) in [6.07, 6.45) is 1.49. The topological polar surface area (TPSA) is 100 Å². The Bertz CT molecular complexity index is 926. The van der Waals surface area contributed by atoms with Gasteiger partial charge in [0, 0.05) is 11.7 Å². The average molecular weight is 407 g/mol. The normalized spacial score (nSPS) is 10.8. The van der Waals surface area contributed by atoms with Crippen LogP contribution in [0, 0.1) is 11.3 Å². The summed E-state index contributed by atoms with van der Waals surface area (Å²) >= 11 is 0. The highest BCUT2D eigenvalue weighted by molar-refractivity contribution is 6.09. The number of benzene rings is 2. The van der Waals surface area contributed by atoms with Gasteiger partial charge in [0.15, 0.2) is 6.61 Å². The quantitative estimate of drug-likeness (QED) is 0.489. The van der Waals surface area contributed by atoms with Crippen molar-refractivity contribution in [3.63, 3.8) is 0 Å². The molecule has 2 aromatic carbocycles. The van der Waals surface area contributed by atoms with E-state index >= 15 is 0 Å². The SMILES string of the molecule is CCOc1ccc(NC(=O)/C(C#N)=C/c2ccc(OCC(=O)NC(C)C)cc2)cc1. The number of ether oxygens (including phenoxy) is 2. The molecule has 2 rings (SSSR count). The van der Waals surface area contributed by atoms with E-state index in [0.29, 0.717) is 29.4 Å². The summed E-state index contributed by atoms with van der Waals surface area (Å²) in [7, 11) is 0. The molecular formula is C23H25N3O4. The molecule has 7 nitrogen and oxygen atoms in total. The van der Waals surface area contributed by atoms with Crippen LogP contribution >= 0.6 is 0 Å². The third-order valence-electron chi connectivity index (χ3n) is 3.80. The van der Waals surface area contributed by atoms with E-state index in [-0.39, 0.29) is 24.1 Å². The van der Waals surface area contributed by atoms with Crippen LogP contribution in [-0.4, -0.2) is 31.1 Å². The number of carbonyl (C=O) groups is 2. The summed E-state index contributed by atoms with van der Waals surface area (Å²) in [4.78, 5) is 24.0. The second-order valence-corrected chi connectivity index (χ2v) is 6.66. The van der Waals surface area contributed by atoms with Crippen LogP contribution in [0.5, 0.6) is 11.5 Å². The monoisotopic (exact) mass is 407 g/mol. The highest BCUT2D eigenvalue weighted by Gasteiger charge is 2.10. The Morgan fingerprint density at radius 1 is 1.03 bits per heavy atom. The first kappa shape index (κ1) is 22.5. The number of amides is 2. The van der Waals surface area contributed by atoms with Crippen molar-refractivity contribution >= 4 is 23.6 Å². The van der Waals surface area contributed by atoms with Crippen molar-refractivity contribution in [1.82, 2.24) is 5.32 Å². The first-order chi connectivity index (χ1) is 14.4. The molecule has 0 aliphatic carbocycles. The predicted molar refractivity (Wildman–Crippen MR) is 115 cm³/mol. The Morgan fingerprint density at radius 3 is 2.20 bits per heavy atom. The molecule has 0 aliphatic rings. The molecule has 0 bridgehead atoms. The summed E-state index contributed by atoms with van der Waals surface area (Å²) in [5.74, 6) is 0.512. The Morgan fingerprint density at radius 2 is 1.63 bits per heavy atom. The lowest BCUT2D eigenvalue weighted by Gasteiger charge is -2.10. The van der Waals surface area contributed by atoms with Gasteiger partial charge in [-0.1, -0.05) is 12.1 Å². The van der Waals surface area contributed by atoms with Crippen molar-refractivity contribution in [2.75, 3.05) is 18.5 Å². The van der Waals surface area contributed by atoms with Gasteiger partial charge >= 0.3 is 0 Å². The highest BCUT2D eigenvalue weighted by Crippen LogP contribution is 2.18. The van der Waals surface area contributed by atoms with Gasteiger partial charge in [0.25, 0.3) is 11.8 Å². The predicted octanol–water partition coefficient (Wildman–Crippen LogP) is 3.53. The smallest absolute Gasteiger partial charge is 0.266 e. The molecule has 0 aliphatic heterocycles. The Balaban J connectivity index is 1.98. The van der Waals surface area contributed by atoms with Crippen molar-refractivity contribution in [3.05, 3.63) is 59.7 Å². The molecule has 0 saturated heterocycles. The van der Waals surface area contributed by atoms with Gasteiger partial charge in [-0.25, -0.2) is 0 Å². The average Bonchev–Trinajstić information content (AvgIpc) is 2.72. The maximum atomic E-state index is 12.4. The zero-order valence-electron chi connectivity index (χ0n) is 17.3. The number of hydrogen-bond acceptors (Lipinski definition) is 5. The first-order valence-corrected chi connectivity index (χ1v) is 9.59. The minimum absolute atomic E-state index is 0.0335. The standard InChI is InChI=1S/C23H25N3O4/c1-4-29-20-11-7-19(8-12-20)26-23(28)18(14-24)13-17-5-9-21(10-6-17)30-15-22(27)25-16(2)3/h5-13,16H,4,15H2,1-3H3,(H,25,27)(H,26,28)/b18-13+. The number of rotatable bonds is 9. The van der Waals surface area contributed by atoms with Crippen LogP contribution in [-0.2, 0) is 9.59 Å². The molecule has 0 spiro atoms. The zero-order chi connectivity index (χ0) is 21.9. The second-order valence-electron chi connectivity index (χ2n) is 6.66. The minimum atomic E-state index is -0.507. The molecule has 2 N–H and O–H groups in total. The van der Waals surface area contributed by atoms with Crippen molar-refractivity contribution in [1.29, 1.82) is 5.26 Å². The van der Waals surface area contributed by atoms with Crippen molar-refractivity contribution in [2.24, 2.45) is 0 Å². The number of nitrogens with one attached hydrogen (secondary N) is 2. The molecule has 0 saturated carbocycles. The number of nitriles is 1. The summed E-state index contributed by atoms with van der Waals surface area (Å²) in [6.45, 7) is 6.11. The van der Waals surface area contributed by atoms with Crippen LogP contribution in [0.15, 0.2) is 54.1 Å². The molecule has 2 amide bonds. The zero-order valence-corrected chi connectivity index (χ0v) is 17.3. The second kappa shape index (κ2) is 11.3. The number of hydrogen-bond donors (Lipinski definition) is 2. The molecule has 30 heavy (non-hydrogen) atoms. The third-order valence-corrected chi connectivity index (χ3v) is 3.80. The lowest BCUT2D eigenvalue weighted by molar-refractivity contribution is -0.123. The van der Waals surface area contributed by atoms with Gasteiger partial charge in [-0.3, -0.25) is 9.59 Å². The molecule has 0 unspecified atom stereocenters. The lowest BCUT2D eigenvalue weighted by Crippen LogP contribution is -2.34. The van der Waals surface area contributed by atoms with Gasteiger partial charge in [0.05, 0.1) is 6.61 Å². The van der Waals surface area contributed by atoms with Crippen molar-refractivity contribution < 1.29 is 19.1 Å². The fourth-order valence-electron chi connectivity index (χ4n) is 2.49. The minimum Gasteiger partial charge on any atom is -0.494 e. The van der Waals surface area contributed by atoms with Crippen molar-refractivity contribution in [3.8, 4) is 17.6 Å². The van der Waals surface area contributed by atoms with Crippen LogP contribution in [0.3, 0.4) is 0 Å². The van der Waals surface area contributed by atoms with Crippen LogP contribution in [0.25, 0.3) is 6.08 Å². The lowest BCUT2D eigenvalue weighted by atomic mass is 10.1. The molecule has 0 heterocycles. The fraction of sp³-hybridized carbons (Fsp3) is 0.261. The third kappa shape index (κ3) is 7.32. The van der Waals surface area contributed by atoms with Crippen LogP contribution < -0.4 is 20.1 Å². The largest absolute Gasteiger partial charge is 0.494 e. The maximum Gasteiger partial charge on any atom is 0.266 e. The molecule has 0 atom stereocenters. The molecule has 0 aromatic heterocycles. The van der Waals surface area contributed by atoms with Crippen LogP contribution in [0.2, 0.25) is 0 Å². The van der Waals surface area contributed by atoms with E-state index < -0.39 is 5.91 Å². The molecule has 2 aromatic rings. The Labute approximate surface area is 176 Å². The molecule has 0 radical (unpaired) electrons. The van der Waals surface area contributed by atoms with E-state index in [1.165, 1.54) is 6.08 Å². The molecular weight excluding hydrogens is 382 g/mol. The Kier molecular flexibility index (Phi) is 8.45. The van der Waals surface area contributed by atoms with Gasteiger partial charge in [-0.05, 0) is 68.8 Å².